The fourth-order valence-corrected chi connectivity index (χ4v) is 3.27. The number of para-hydroxylation sites is 1. The molecule has 0 aliphatic heterocycles. The number of carbonyl (C=O) groups excluding carboxylic acids is 1. The van der Waals surface area contributed by atoms with Crippen molar-refractivity contribution in [2.75, 3.05) is 5.32 Å². The molecule has 3 aromatic carbocycles. The van der Waals surface area contributed by atoms with Crippen LogP contribution < -0.4 is 5.32 Å². The SMILES string of the molecule is O=C(Nc1ccccc1-c1nc(-c2ccc(Cl)cc2)no1)c1cc(-c2ccc(F)cc2)on1. The Morgan fingerprint density at radius 1 is 0.879 bits per heavy atom. The Bertz CT molecular complexity index is 1430. The minimum absolute atomic E-state index is 0.0662. The van der Waals surface area contributed by atoms with E-state index < -0.39 is 5.91 Å². The monoisotopic (exact) mass is 460 g/mol. The predicted molar refractivity (Wildman–Crippen MR) is 120 cm³/mol. The van der Waals surface area contributed by atoms with Crippen molar-refractivity contribution in [2.45, 2.75) is 0 Å². The Hall–Kier alpha value is -4.30. The summed E-state index contributed by atoms with van der Waals surface area (Å²) in [6.45, 7) is 0. The van der Waals surface area contributed by atoms with Crippen LogP contribution in [0.5, 0.6) is 0 Å². The van der Waals surface area contributed by atoms with Crippen LogP contribution in [0.4, 0.5) is 10.1 Å². The standard InChI is InChI=1S/C24H14ClFN4O3/c25-16-9-5-15(6-10-16)22-28-24(33-30-22)18-3-1-2-4-19(18)27-23(31)20-13-21(32-29-20)14-7-11-17(26)12-8-14/h1-13H,(H,27,31). The fraction of sp³-hybridized carbons (Fsp3) is 0. The molecule has 0 unspecified atom stereocenters. The lowest BCUT2D eigenvalue weighted by Gasteiger charge is -2.06. The molecule has 0 radical (unpaired) electrons. The van der Waals surface area contributed by atoms with E-state index in [9.17, 15) is 9.18 Å². The van der Waals surface area contributed by atoms with Gasteiger partial charge in [0.15, 0.2) is 11.5 Å². The second kappa shape index (κ2) is 8.68. The molecule has 9 heteroatoms. The molecule has 0 aliphatic rings. The van der Waals surface area contributed by atoms with Gasteiger partial charge in [0, 0.05) is 22.2 Å². The van der Waals surface area contributed by atoms with Gasteiger partial charge < -0.3 is 14.4 Å². The first-order valence-corrected chi connectivity index (χ1v) is 10.2. The lowest BCUT2D eigenvalue weighted by molar-refractivity contribution is 0.101. The third kappa shape index (κ3) is 4.37. The Balaban J connectivity index is 1.38. The van der Waals surface area contributed by atoms with Gasteiger partial charge in [0.25, 0.3) is 11.8 Å². The van der Waals surface area contributed by atoms with Crippen LogP contribution >= 0.6 is 11.6 Å². The van der Waals surface area contributed by atoms with Crippen LogP contribution in [0.15, 0.2) is 87.9 Å². The summed E-state index contributed by atoms with van der Waals surface area (Å²) >= 11 is 5.93. The smallest absolute Gasteiger partial charge is 0.277 e. The molecule has 0 saturated heterocycles. The van der Waals surface area contributed by atoms with Gasteiger partial charge >= 0.3 is 0 Å². The topological polar surface area (TPSA) is 94.1 Å². The number of carbonyl (C=O) groups is 1. The summed E-state index contributed by atoms with van der Waals surface area (Å²) in [6, 6.07) is 21.2. The zero-order chi connectivity index (χ0) is 22.8. The second-order valence-corrected chi connectivity index (χ2v) is 7.45. The molecule has 5 aromatic rings. The van der Waals surface area contributed by atoms with Crippen molar-refractivity contribution in [2.24, 2.45) is 0 Å². The molecule has 0 bridgehead atoms. The van der Waals surface area contributed by atoms with Gasteiger partial charge in [-0.1, -0.05) is 34.0 Å². The highest BCUT2D eigenvalue weighted by atomic mass is 35.5. The molecule has 33 heavy (non-hydrogen) atoms. The average molecular weight is 461 g/mol. The molecule has 2 aromatic heterocycles. The van der Waals surface area contributed by atoms with Crippen molar-refractivity contribution in [3.63, 3.8) is 0 Å². The van der Waals surface area contributed by atoms with E-state index in [4.69, 9.17) is 20.6 Å². The van der Waals surface area contributed by atoms with Crippen LogP contribution in [0.3, 0.4) is 0 Å². The lowest BCUT2D eigenvalue weighted by Crippen LogP contribution is -2.12. The van der Waals surface area contributed by atoms with E-state index in [0.717, 1.165) is 5.56 Å². The maximum Gasteiger partial charge on any atom is 0.277 e. The minimum Gasteiger partial charge on any atom is -0.355 e. The summed E-state index contributed by atoms with van der Waals surface area (Å²) in [5.41, 5.74) is 2.41. The normalized spacial score (nSPS) is 10.8. The van der Waals surface area contributed by atoms with Crippen molar-refractivity contribution in [3.05, 3.63) is 95.4 Å². The van der Waals surface area contributed by atoms with Crippen LogP contribution in [0.25, 0.3) is 34.2 Å². The van der Waals surface area contributed by atoms with Crippen molar-refractivity contribution in [1.82, 2.24) is 15.3 Å². The van der Waals surface area contributed by atoms with E-state index >= 15 is 0 Å². The van der Waals surface area contributed by atoms with E-state index in [0.29, 0.717) is 33.4 Å². The summed E-state index contributed by atoms with van der Waals surface area (Å²) in [6.07, 6.45) is 0. The third-order valence-electron chi connectivity index (χ3n) is 4.81. The van der Waals surface area contributed by atoms with Crippen LogP contribution in [0.1, 0.15) is 10.5 Å². The van der Waals surface area contributed by atoms with E-state index in [-0.39, 0.29) is 17.4 Å². The summed E-state index contributed by atoms with van der Waals surface area (Å²) in [5.74, 6) is 0.120. The first-order valence-electron chi connectivity index (χ1n) is 9.80. The minimum atomic E-state index is -0.489. The van der Waals surface area contributed by atoms with Crippen LogP contribution in [0.2, 0.25) is 5.02 Å². The average Bonchev–Trinajstić information content (AvgIpc) is 3.51. The molecular weight excluding hydrogens is 447 g/mol. The quantitative estimate of drug-likeness (QED) is 0.340. The molecule has 0 saturated carbocycles. The largest absolute Gasteiger partial charge is 0.355 e. The second-order valence-electron chi connectivity index (χ2n) is 7.01. The number of rotatable bonds is 5. The Labute approximate surface area is 191 Å². The third-order valence-corrected chi connectivity index (χ3v) is 5.06. The molecule has 7 nitrogen and oxygen atoms in total. The van der Waals surface area contributed by atoms with E-state index in [1.807, 2.05) is 0 Å². The number of hydrogen-bond acceptors (Lipinski definition) is 6. The first-order chi connectivity index (χ1) is 16.1. The zero-order valence-corrected chi connectivity index (χ0v) is 17.6. The summed E-state index contributed by atoms with van der Waals surface area (Å²) in [5, 5.41) is 11.2. The van der Waals surface area contributed by atoms with Crippen molar-refractivity contribution < 1.29 is 18.2 Å². The Morgan fingerprint density at radius 2 is 1.61 bits per heavy atom. The molecule has 162 valence electrons. The summed E-state index contributed by atoms with van der Waals surface area (Å²) in [7, 11) is 0. The molecule has 0 atom stereocenters. The molecule has 1 amide bonds. The number of amides is 1. The first kappa shape index (κ1) is 20.6. The van der Waals surface area contributed by atoms with Crippen molar-refractivity contribution in [3.8, 4) is 34.2 Å². The van der Waals surface area contributed by atoms with Gasteiger partial charge in [-0.25, -0.2) is 4.39 Å². The van der Waals surface area contributed by atoms with Gasteiger partial charge in [-0.05, 0) is 60.7 Å². The van der Waals surface area contributed by atoms with E-state index in [1.54, 1.807) is 60.7 Å². The fourth-order valence-electron chi connectivity index (χ4n) is 3.15. The number of nitrogens with one attached hydrogen (secondary N) is 1. The molecular formula is C24H14ClFN4O3. The molecule has 2 heterocycles. The maximum absolute atomic E-state index is 13.1. The van der Waals surface area contributed by atoms with Crippen LogP contribution in [-0.4, -0.2) is 21.2 Å². The Kier molecular flexibility index (Phi) is 5.42. The van der Waals surface area contributed by atoms with E-state index in [1.165, 1.54) is 18.2 Å². The number of nitrogens with zero attached hydrogens (tertiary/aromatic N) is 3. The van der Waals surface area contributed by atoms with E-state index in [2.05, 4.69) is 20.6 Å². The maximum atomic E-state index is 13.1. The zero-order valence-electron chi connectivity index (χ0n) is 16.8. The highest BCUT2D eigenvalue weighted by Crippen LogP contribution is 2.29. The van der Waals surface area contributed by atoms with Gasteiger partial charge in [-0.15, -0.1) is 0 Å². The van der Waals surface area contributed by atoms with Crippen molar-refractivity contribution >= 4 is 23.2 Å². The van der Waals surface area contributed by atoms with Gasteiger partial charge in [0.1, 0.15) is 5.82 Å². The lowest BCUT2D eigenvalue weighted by atomic mass is 10.1. The molecule has 0 fully saturated rings. The highest BCUT2D eigenvalue weighted by Gasteiger charge is 2.18. The van der Waals surface area contributed by atoms with Crippen LogP contribution in [-0.2, 0) is 0 Å². The van der Waals surface area contributed by atoms with Gasteiger partial charge in [0.2, 0.25) is 5.82 Å². The number of anilines is 1. The molecule has 0 spiro atoms. The van der Waals surface area contributed by atoms with Gasteiger partial charge in [-0.2, -0.15) is 4.98 Å². The van der Waals surface area contributed by atoms with Gasteiger partial charge in [-0.3, -0.25) is 4.79 Å². The Morgan fingerprint density at radius 3 is 2.39 bits per heavy atom. The summed E-state index contributed by atoms with van der Waals surface area (Å²) in [4.78, 5) is 17.2. The molecule has 5 rings (SSSR count). The van der Waals surface area contributed by atoms with Crippen molar-refractivity contribution in [1.29, 1.82) is 0 Å². The number of halogens is 2. The highest BCUT2D eigenvalue weighted by molar-refractivity contribution is 6.30. The molecule has 1 N–H and O–H groups in total. The molecule has 0 aliphatic carbocycles. The predicted octanol–water partition coefficient (Wildman–Crippen LogP) is 6.10. The number of aromatic nitrogens is 3. The number of hydrogen-bond donors (Lipinski definition) is 1. The number of benzene rings is 3. The summed E-state index contributed by atoms with van der Waals surface area (Å²) < 4.78 is 23.8. The van der Waals surface area contributed by atoms with Gasteiger partial charge in [0.05, 0.1) is 11.3 Å². The van der Waals surface area contributed by atoms with Crippen LogP contribution in [0, 0.1) is 5.82 Å².